The highest BCUT2D eigenvalue weighted by atomic mass is 16.6. The van der Waals surface area contributed by atoms with E-state index in [0.29, 0.717) is 0 Å². The van der Waals surface area contributed by atoms with Gasteiger partial charge in [0.05, 0.1) is 0 Å². The molecule has 0 fully saturated rings. The van der Waals surface area contributed by atoms with Crippen LogP contribution in [0.4, 0.5) is 0 Å². The van der Waals surface area contributed by atoms with Crippen LogP contribution < -0.4 is 0 Å². The second kappa shape index (κ2) is 5.27. The Morgan fingerprint density at radius 1 is 1.20 bits per heavy atom. The van der Waals surface area contributed by atoms with Crippen molar-refractivity contribution in [3.8, 4) is 0 Å². The van der Waals surface area contributed by atoms with Crippen LogP contribution in [0.2, 0.25) is 0 Å². The van der Waals surface area contributed by atoms with Crippen molar-refractivity contribution in [1.29, 1.82) is 0 Å². The minimum atomic E-state index is -0.328. The molecule has 0 amide bonds. The quantitative estimate of drug-likeness (QED) is 0.490. The van der Waals surface area contributed by atoms with Crippen molar-refractivity contribution < 1.29 is 9.53 Å². The first-order valence-corrected chi connectivity index (χ1v) is 3.61. The van der Waals surface area contributed by atoms with Crippen molar-refractivity contribution in [2.24, 2.45) is 0 Å². The number of hydrogen-bond donors (Lipinski definition) is 0. The van der Waals surface area contributed by atoms with E-state index < -0.39 is 0 Å². The number of carbonyl (C=O) groups excluding carboxylic acids is 1. The first-order chi connectivity index (χ1) is 4.42. The van der Waals surface area contributed by atoms with E-state index >= 15 is 0 Å². The van der Waals surface area contributed by atoms with Crippen LogP contribution in [-0.4, -0.2) is 11.6 Å². The predicted molar refractivity (Wildman–Crippen MR) is 42.9 cm³/mol. The van der Waals surface area contributed by atoms with E-state index in [-0.39, 0.29) is 11.6 Å². The van der Waals surface area contributed by atoms with Gasteiger partial charge in [0.1, 0.15) is 5.60 Å². The molecule has 2 nitrogen and oxygen atoms in total. The smallest absolute Gasteiger partial charge is 0.303 e. The highest BCUT2D eigenvalue weighted by Crippen LogP contribution is 2.05. The van der Waals surface area contributed by atoms with Crippen molar-refractivity contribution in [1.82, 2.24) is 0 Å². The van der Waals surface area contributed by atoms with Gasteiger partial charge in [-0.05, 0) is 20.8 Å². The molecule has 0 aromatic carbocycles. The normalized spacial score (nSPS) is 9.40. The Bertz CT molecular complexity index is 89.9. The number of ether oxygens (including phenoxy) is 1. The summed E-state index contributed by atoms with van der Waals surface area (Å²) in [6, 6.07) is 0. The molecule has 0 aromatic rings. The van der Waals surface area contributed by atoms with Crippen LogP contribution in [0.5, 0.6) is 0 Å². The van der Waals surface area contributed by atoms with Gasteiger partial charge in [-0.25, -0.2) is 0 Å². The second-order valence-corrected chi connectivity index (χ2v) is 2.71. The summed E-state index contributed by atoms with van der Waals surface area (Å²) < 4.78 is 4.80. The molecule has 0 heterocycles. The third kappa shape index (κ3) is 15.6. The van der Waals surface area contributed by atoms with Gasteiger partial charge in [-0.3, -0.25) is 4.79 Å². The van der Waals surface area contributed by atoms with E-state index in [0.717, 1.165) is 0 Å². The van der Waals surface area contributed by atoms with Crippen molar-refractivity contribution in [2.75, 3.05) is 0 Å². The molecule has 0 bridgehead atoms. The van der Waals surface area contributed by atoms with Crippen LogP contribution in [0, 0.1) is 0 Å². The summed E-state index contributed by atoms with van der Waals surface area (Å²) >= 11 is 0. The third-order valence-corrected chi connectivity index (χ3v) is 0.450. The van der Waals surface area contributed by atoms with E-state index in [9.17, 15) is 4.79 Å². The SMILES string of the molecule is CC.CC(=O)OC(C)(C)C. The van der Waals surface area contributed by atoms with Crippen LogP contribution in [0.25, 0.3) is 0 Å². The van der Waals surface area contributed by atoms with Gasteiger partial charge in [-0.15, -0.1) is 0 Å². The molecule has 62 valence electrons. The van der Waals surface area contributed by atoms with E-state index in [1.54, 1.807) is 0 Å². The summed E-state index contributed by atoms with van der Waals surface area (Å²) in [4.78, 5) is 10.2. The van der Waals surface area contributed by atoms with Gasteiger partial charge >= 0.3 is 5.97 Å². The summed E-state index contributed by atoms with van der Waals surface area (Å²) in [6.07, 6.45) is 0. The lowest BCUT2D eigenvalue weighted by atomic mass is 10.2. The van der Waals surface area contributed by atoms with Crippen molar-refractivity contribution >= 4 is 5.97 Å². The molecule has 0 saturated carbocycles. The Labute approximate surface area is 63.6 Å². The van der Waals surface area contributed by atoms with Crippen molar-refractivity contribution in [2.45, 2.75) is 47.1 Å². The summed E-state index contributed by atoms with van der Waals surface area (Å²) in [5.41, 5.74) is -0.328. The molecule has 0 N–H and O–H groups in total. The topological polar surface area (TPSA) is 26.3 Å². The van der Waals surface area contributed by atoms with Crippen LogP contribution >= 0.6 is 0 Å². The maximum atomic E-state index is 10.2. The lowest BCUT2D eigenvalue weighted by Gasteiger charge is -2.17. The average molecular weight is 146 g/mol. The molecule has 0 aliphatic carbocycles. The van der Waals surface area contributed by atoms with Crippen LogP contribution in [0.1, 0.15) is 41.5 Å². The molecule has 0 rings (SSSR count). The van der Waals surface area contributed by atoms with Gasteiger partial charge in [-0.2, -0.15) is 0 Å². The highest BCUT2D eigenvalue weighted by molar-refractivity contribution is 5.66. The molecule has 0 aliphatic rings. The summed E-state index contributed by atoms with van der Waals surface area (Å²) in [7, 11) is 0. The zero-order chi connectivity index (χ0) is 8.78. The van der Waals surface area contributed by atoms with Crippen LogP contribution in [0.15, 0.2) is 0 Å². The molecular formula is C8H18O2. The molecule has 0 atom stereocenters. The molecule has 0 aromatic heterocycles. The van der Waals surface area contributed by atoms with Crippen LogP contribution in [-0.2, 0) is 9.53 Å². The molecule has 0 saturated heterocycles. The number of rotatable bonds is 0. The first kappa shape index (κ1) is 12.2. The molecule has 0 unspecified atom stereocenters. The maximum Gasteiger partial charge on any atom is 0.303 e. The van der Waals surface area contributed by atoms with Gasteiger partial charge in [-0.1, -0.05) is 13.8 Å². The van der Waals surface area contributed by atoms with E-state index in [1.807, 2.05) is 34.6 Å². The molecule has 0 radical (unpaired) electrons. The fourth-order valence-electron chi connectivity index (χ4n) is 0.431. The van der Waals surface area contributed by atoms with Crippen molar-refractivity contribution in [3.63, 3.8) is 0 Å². The number of esters is 1. The molecule has 10 heavy (non-hydrogen) atoms. The molecular weight excluding hydrogens is 128 g/mol. The Morgan fingerprint density at radius 2 is 1.50 bits per heavy atom. The fraction of sp³-hybridized carbons (Fsp3) is 0.875. The lowest BCUT2D eigenvalue weighted by molar-refractivity contribution is -0.151. The minimum Gasteiger partial charge on any atom is -0.460 e. The highest BCUT2D eigenvalue weighted by Gasteiger charge is 2.11. The Balaban J connectivity index is 0. The standard InChI is InChI=1S/C6H12O2.C2H6/c1-5(7)8-6(2,3)4;1-2/h1-4H3;1-2H3. The Morgan fingerprint density at radius 3 is 1.50 bits per heavy atom. The monoisotopic (exact) mass is 146 g/mol. The van der Waals surface area contributed by atoms with Gasteiger partial charge in [0.2, 0.25) is 0 Å². The van der Waals surface area contributed by atoms with Crippen molar-refractivity contribution in [3.05, 3.63) is 0 Å². The second-order valence-electron chi connectivity index (χ2n) is 2.71. The summed E-state index contributed by atoms with van der Waals surface area (Å²) in [5, 5.41) is 0. The Kier molecular flexibility index (Phi) is 6.42. The van der Waals surface area contributed by atoms with Gasteiger partial charge < -0.3 is 4.74 Å². The van der Waals surface area contributed by atoms with Gasteiger partial charge in [0.25, 0.3) is 0 Å². The van der Waals surface area contributed by atoms with E-state index in [4.69, 9.17) is 4.74 Å². The Hall–Kier alpha value is -0.530. The number of carbonyl (C=O) groups is 1. The van der Waals surface area contributed by atoms with E-state index in [2.05, 4.69) is 0 Å². The molecule has 0 spiro atoms. The zero-order valence-corrected chi connectivity index (χ0v) is 7.82. The van der Waals surface area contributed by atoms with Gasteiger partial charge in [0, 0.05) is 6.92 Å². The maximum absolute atomic E-state index is 10.2. The molecule has 0 aliphatic heterocycles. The zero-order valence-electron chi connectivity index (χ0n) is 7.82. The predicted octanol–water partition coefficient (Wildman–Crippen LogP) is 2.37. The van der Waals surface area contributed by atoms with Gasteiger partial charge in [0.15, 0.2) is 0 Å². The number of hydrogen-bond acceptors (Lipinski definition) is 2. The molecule has 2 heteroatoms. The largest absolute Gasteiger partial charge is 0.460 e. The third-order valence-electron chi connectivity index (χ3n) is 0.450. The van der Waals surface area contributed by atoms with Crippen LogP contribution in [0.3, 0.4) is 0 Å². The average Bonchev–Trinajstić information content (AvgIpc) is 1.64. The minimum absolute atomic E-state index is 0.225. The first-order valence-electron chi connectivity index (χ1n) is 3.61. The summed E-state index contributed by atoms with van der Waals surface area (Å²) in [6.45, 7) is 10.9. The fourth-order valence-corrected chi connectivity index (χ4v) is 0.431. The van der Waals surface area contributed by atoms with E-state index in [1.165, 1.54) is 6.92 Å². The summed E-state index contributed by atoms with van der Waals surface area (Å²) in [5.74, 6) is -0.225. The lowest BCUT2D eigenvalue weighted by Crippen LogP contribution is -2.21.